The third kappa shape index (κ3) is 4.11. The predicted molar refractivity (Wildman–Crippen MR) is 93.6 cm³/mol. The lowest BCUT2D eigenvalue weighted by molar-refractivity contribution is 0.0952. The Balaban J connectivity index is 2.20. The zero-order chi connectivity index (χ0) is 17.0. The van der Waals surface area contributed by atoms with Crippen LogP contribution in [-0.2, 0) is 0 Å². The summed E-state index contributed by atoms with van der Waals surface area (Å²) in [6.07, 6.45) is 0. The molecule has 4 nitrogen and oxygen atoms in total. The monoisotopic (exact) mass is 330 g/mol. The normalized spacial score (nSPS) is 11.3. The van der Waals surface area contributed by atoms with E-state index in [0.717, 1.165) is 11.3 Å². The number of hydrogen-bond acceptors (Lipinski definition) is 3. The SMILES string of the molecule is COc1ccc(Cl)cc1C(=O)NN=C(C)c1ccc(C)c(C)c1. The fourth-order valence-corrected chi connectivity index (χ4v) is 2.26. The first-order valence-corrected chi connectivity index (χ1v) is 7.56. The molecule has 0 atom stereocenters. The molecule has 0 fully saturated rings. The molecule has 2 aromatic rings. The minimum atomic E-state index is -0.368. The van der Waals surface area contributed by atoms with Crippen molar-refractivity contribution in [2.24, 2.45) is 5.10 Å². The number of carbonyl (C=O) groups is 1. The number of benzene rings is 2. The largest absolute Gasteiger partial charge is 0.496 e. The lowest BCUT2D eigenvalue weighted by Crippen LogP contribution is -2.20. The number of carbonyl (C=O) groups excluding carboxylic acids is 1. The van der Waals surface area contributed by atoms with E-state index >= 15 is 0 Å². The lowest BCUT2D eigenvalue weighted by Gasteiger charge is -2.08. The molecule has 0 aliphatic heterocycles. The number of methoxy groups -OCH3 is 1. The van der Waals surface area contributed by atoms with Crippen molar-refractivity contribution in [1.29, 1.82) is 0 Å². The molecule has 0 spiro atoms. The molecule has 1 amide bonds. The van der Waals surface area contributed by atoms with Crippen molar-refractivity contribution in [2.45, 2.75) is 20.8 Å². The molecule has 0 unspecified atom stereocenters. The molecule has 0 heterocycles. The van der Waals surface area contributed by atoms with E-state index in [4.69, 9.17) is 16.3 Å². The molecular formula is C18H19ClN2O2. The van der Waals surface area contributed by atoms with Crippen LogP contribution in [-0.4, -0.2) is 18.7 Å². The maximum atomic E-state index is 12.3. The molecule has 0 aliphatic carbocycles. The first-order valence-electron chi connectivity index (χ1n) is 7.18. The minimum Gasteiger partial charge on any atom is -0.496 e. The van der Waals surface area contributed by atoms with Crippen molar-refractivity contribution >= 4 is 23.2 Å². The van der Waals surface area contributed by atoms with Gasteiger partial charge < -0.3 is 4.74 Å². The van der Waals surface area contributed by atoms with E-state index in [2.05, 4.69) is 17.5 Å². The van der Waals surface area contributed by atoms with Crippen molar-refractivity contribution < 1.29 is 9.53 Å². The van der Waals surface area contributed by atoms with Gasteiger partial charge in [0.15, 0.2) is 0 Å². The number of aryl methyl sites for hydroxylation is 2. The topological polar surface area (TPSA) is 50.7 Å². The Labute approximate surface area is 141 Å². The van der Waals surface area contributed by atoms with Crippen LogP contribution < -0.4 is 10.2 Å². The summed E-state index contributed by atoms with van der Waals surface area (Å²) in [4.78, 5) is 12.3. The number of hydrogen-bond donors (Lipinski definition) is 1. The molecule has 2 aromatic carbocycles. The number of nitrogens with zero attached hydrogens (tertiary/aromatic N) is 1. The highest BCUT2D eigenvalue weighted by Gasteiger charge is 2.12. The Hall–Kier alpha value is -2.33. The van der Waals surface area contributed by atoms with Crippen LogP contribution in [0.1, 0.15) is 34.0 Å². The van der Waals surface area contributed by atoms with Gasteiger partial charge in [0.05, 0.1) is 18.4 Å². The van der Waals surface area contributed by atoms with Crippen LogP contribution in [0.2, 0.25) is 5.02 Å². The van der Waals surface area contributed by atoms with E-state index in [-0.39, 0.29) is 5.91 Å². The third-order valence-electron chi connectivity index (χ3n) is 3.66. The first kappa shape index (κ1) is 17.0. The highest BCUT2D eigenvalue weighted by atomic mass is 35.5. The summed E-state index contributed by atoms with van der Waals surface area (Å²) in [5.74, 6) is 0.0819. The summed E-state index contributed by atoms with van der Waals surface area (Å²) in [6.45, 7) is 5.94. The molecule has 0 aromatic heterocycles. The Morgan fingerprint density at radius 2 is 1.87 bits per heavy atom. The van der Waals surface area contributed by atoms with Gasteiger partial charge in [-0.1, -0.05) is 23.7 Å². The predicted octanol–water partition coefficient (Wildman–Crippen LogP) is 4.12. The van der Waals surface area contributed by atoms with Gasteiger partial charge in [-0.3, -0.25) is 4.79 Å². The van der Waals surface area contributed by atoms with Crippen molar-refractivity contribution in [2.75, 3.05) is 7.11 Å². The van der Waals surface area contributed by atoms with E-state index in [0.29, 0.717) is 16.3 Å². The molecule has 0 radical (unpaired) electrons. The summed E-state index contributed by atoms with van der Waals surface area (Å²) in [5, 5.41) is 4.63. The average molecular weight is 331 g/mol. The summed E-state index contributed by atoms with van der Waals surface area (Å²) in [6, 6.07) is 10.9. The second kappa shape index (κ2) is 7.29. The van der Waals surface area contributed by atoms with E-state index < -0.39 is 0 Å². The van der Waals surface area contributed by atoms with Gasteiger partial charge in [0.25, 0.3) is 5.91 Å². The summed E-state index contributed by atoms with van der Waals surface area (Å²) >= 11 is 5.94. The average Bonchev–Trinajstić information content (AvgIpc) is 2.54. The highest BCUT2D eigenvalue weighted by Crippen LogP contribution is 2.22. The molecule has 0 bridgehead atoms. The van der Waals surface area contributed by atoms with Crippen LogP contribution in [0.15, 0.2) is 41.5 Å². The molecule has 1 N–H and O–H groups in total. The van der Waals surface area contributed by atoms with Crippen LogP contribution in [0.5, 0.6) is 5.75 Å². The Morgan fingerprint density at radius 1 is 1.13 bits per heavy atom. The third-order valence-corrected chi connectivity index (χ3v) is 3.89. The Bertz CT molecular complexity index is 770. The number of halogens is 1. The van der Waals surface area contributed by atoms with E-state index in [1.54, 1.807) is 18.2 Å². The molecule has 0 saturated heterocycles. The molecule has 5 heteroatoms. The maximum Gasteiger partial charge on any atom is 0.275 e. The quantitative estimate of drug-likeness (QED) is 0.677. The van der Waals surface area contributed by atoms with Crippen LogP contribution in [0.25, 0.3) is 0 Å². The number of nitrogens with one attached hydrogen (secondary N) is 1. The van der Waals surface area contributed by atoms with Crippen molar-refractivity contribution in [3.63, 3.8) is 0 Å². The lowest BCUT2D eigenvalue weighted by atomic mass is 10.0. The van der Waals surface area contributed by atoms with Gasteiger partial charge in [-0.2, -0.15) is 5.10 Å². The van der Waals surface area contributed by atoms with Crippen LogP contribution in [0.3, 0.4) is 0 Å². The summed E-state index contributed by atoms with van der Waals surface area (Å²) in [5.41, 5.74) is 6.97. The number of hydrazone groups is 1. The van der Waals surface area contributed by atoms with E-state index in [1.165, 1.54) is 18.2 Å². The first-order chi connectivity index (χ1) is 10.9. The van der Waals surface area contributed by atoms with Crippen LogP contribution in [0.4, 0.5) is 0 Å². The fourth-order valence-electron chi connectivity index (χ4n) is 2.08. The van der Waals surface area contributed by atoms with Gasteiger partial charge in [0.1, 0.15) is 5.75 Å². The minimum absolute atomic E-state index is 0.344. The van der Waals surface area contributed by atoms with Crippen LogP contribution in [0, 0.1) is 13.8 Å². The second-order valence-electron chi connectivity index (χ2n) is 5.28. The Kier molecular flexibility index (Phi) is 5.40. The van der Waals surface area contributed by atoms with Gasteiger partial charge in [-0.15, -0.1) is 0 Å². The van der Waals surface area contributed by atoms with Crippen molar-refractivity contribution in [3.8, 4) is 5.75 Å². The van der Waals surface area contributed by atoms with E-state index in [9.17, 15) is 4.79 Å². The zero-order valence-corrected chi connectivity index (χ0v) is 14.4. The molecule has 0 saturated carbocycles. The highest BCUT2D eigenvalue weighted by molar-refractivity contribution is 6.31. The molecule has 23 heavy (non-hydrogen) atoms. The summed E-state index contributed by atoms with van der Waals surface area (Å²) in [7, 11) is 1.50. The molecule has 0 aliphatic rings. The number of amides is 1. The van der Waals surface area contributed by atoms with Gasteiger partial charge >= 0.3 is 0 Å². The van der Waals surface area contributed by atoms with E-state index in [1.807, 2.05) is 32.0 Å². The van der Waals surface area contributed by atoms with Gasteiger partial charge in [0, 0.05) is 5.02 Å². The van der Waals surface area contributed by atoms with Gasteiger partial charge in [0.2, 0.25) is 0 Å². The standard InChI is InChI=1S/C18H19ClN2O2/c1-11-5-6-14(9-12(11)2)13(3)20-21-18(22)16-10-15(19)7-8-17(16)23-4/h5-10H,1-4H3,(H,21,22). The van der Waals surface area contributed by atoms with Crippen LogP contribution >= 0.6 is 11.6 Å². The van der Waals surface area contributed by atoms with Crippen molar-refractivity contribution in [1.82, 2.24) is 5.43 Å². The van der Waals surface area contributed by atoms with Gasteiger partial charge in [-0.25, -0.2) is 5.43 Å². The molecule has 2 rings (SSSR count). The Morgan fingerprint density at radius 3 is 2.52 bits per heavy atom. The summed E-state index contributed by atoms with van der Waals surface area (Å²) < 4.78 is 5.17. The zero-order valence-electron chi connectivity index (χ0n) is 13.6. The van der Waals surface area contributed by atoms with Crippen molar-refractivity contribution in [3.05, 3.63) is 63.7 Å². The smallest absolute Gasteiger partial charge is 0.275 e. The number of ether oxygens (including phenoxy) is 1. The molecule has 120 valence electrons. The number of rotatable bonds is 4. The second-order valence-corrected chi connectivity index (χ2v) is 5.72. The van der Waals surface area contributed by atoms with Gasteiger partial charge in [-0.05, 0) is 61.7 Å². The fraction of sp³-hybridized carbons (Fsp3) is 0.222. The maximum absolute atomic E-state index is 12.3. The molecular weight excluding hydrogens is 312 g/mol.